The Bertz CT molecular complexity index is 445. The number of hydrogen-bond donors (Lipinski definition) is 1. The van der Waals surface area contributed by atoms with Gasteiger partial charge in [-0.1, -0.05) is 52.4 Å². The van der Waals surface area contributed by atoms with Gasteiger partial charge in [-0.05, 0) is 18.9 Å². The number of nitrogens with zero attached hydrogens (tertiary/aromatic N) is 2. The molecule has 1 rings (SSSR count). The summed E-state index contributed by atoms with van der Waals surface area (Å²) < 4.78 is 26.8. The Morgan fingerprint density at radius 1 is 1.00 bits per heavy atom. The molecule has 0 spiro atoms. The highest BCUT2D eigenvalue weighted by atomic mass is 32.2. The third kappa shape index (κ3) is 6.18. The molecule has 0 amide bonds. The maximum absolute atomic E-state index is 12.6. The van der Waals surface area contributed by atoms with E-state index in [1.807, 2.05) is 0 Å². The van der Waals surface area contributed by atoms with Crippen molar-refractivity contribution in [2.24, 2.45) is 0 Å². The molecule has 1 aromatic rings. The normalized spacial score (nSPS) is 12.1. The minimum atomic E-state index is -3.42. The van der Waals surface area contributed by atoms with Gasteiger partial charge in [0.2, 0.25) is 0 Å². The second-order valence-corrected chi connectivity index (χ2v) is 7.35. The molecule has 21 heavy (non-hydrogen) atoms. The van der Waals surface area contributed by atoms with E-state index in [0.717, 1.165) is 51.4 Å². The van der Waals surface area contributed by atoms with E-state index in [4.69, 9.17) is 0 Å². The molecule has 122 valence electrons. The van der Waals surface area contributed by atoms with Crippen LogP contribution in [0.3, 0.4) is 0 Å². The zero-order valence-corrected chi connectivity index (χ0v) is 14.2. The molecule has 0 saturated heterocycles. The van der Waals surface area contributed by atoms with Crippen LogP contribution in [0.15, 0.2) is 17.3 Å². The molecule has 0 radical (unpaired) electrons. The second-order valence-electron chi connectivity index (χ2n) is 5.45. The minimum Gasteiger partial charge on any atom is -0.266 e. The average Bonchev–Trinajstić information content (AvgIpc) is 3.00. The summed E-state index contributed by atoms with van der Waals surface area (Å²) >= 11 is 0. The Morgan fingerprint density at radius 2 is 1.57 bits per heavy atom. The summed E-state index contributed by atoms with van der Waals surface area (Å²) in [5.74, 6) is 0. The minimum absolute atomic E-state index is 0.202. The highest BCUT2D eigenvalue weighted by Crippen LogP contribution is 2.15. The van der Waals surface area contributed by atoms with Gasteiger partial charge in [0.1, 0.15) is 0 Å². The monoisotopic (exact) mass is 315 g/mol. The lowest BCUT2D eigenvalue weighted by Gasteiger charge is -2.21. The van der Waals surface area contributed by atoms with Crippen LogP contribution in [-0.4, -0.2) is 36.0 Å². The van der Waals surface area contributed by atoms with Crippen LogP contribution < -0.4 is 0 Å². The van der Waals surface area contributed by atoms with Crippen molar-refractivity contribution in [3.63, 3.8) is 0 Å². The predicted molar refractivity (Wildman–Crippen MR) is 85.6 cm³/mol. The summed E-state index contributed by atoms with van der Waals surface area (Å²) in [5.41, 5.74) is 0. The second kappa shape index (κ2) is 9.95. The molecule has 0 unspecified atom stereocenters. The quantitative estimate of drug-likeness (QED) is 0.600. The number of hydrogen-bond acceptors (Lipinski definition) is 3. The van der Waals surface area contributed by atoms with Crippen LogP contribution in [0.1, 0.15) is 65.2 Å². The van der Waals surface area contributed by atoms with Crippen molar-refractivity contribution >= 4 is 10.0 Å². The Morgan fingerprint density at radius 3 is 2.00 bits per heavy atom. The molecule has 0 atom stereocenters. The van der Waals surface area contributed by atoms with Gasteiger partial charge in [0.15, 0.2) is 5.03 Å². The van der Waals surface area contributed by atoms with Crippen molar-refractivity contribution in [3.8, 4) is 0 Å². The Labute approximate surface area is 129 Å². The predicted octanol–water partition coefficient (Wildman–Crippen LogP) is 3.56. The highest BCUT2D eigenvalue weighted by Gasteiger charge is 2.24. The summed E-state index contributed by atoms with van der Waals surface area (Å²) in [6.45, 7) is 5.52. The number of aromatic amines is 1. The SMILES string of the molecule is CCCCCCN(CCCCCC)S(=O)(=O)c1ccn[nH]1. The number of rotatable bonds is 12. The third-order valence-corrected chi connectivity index (χ3v) is 5.44. The lowest BCUT2D eigenvalue weighted by molar-refractivity contribution is 0.384. The Balaban J connectivity index is 2.61. The van der Waals surface area contributed by atoms with Gasteiger partial charge in [-0.3, -0.25) is 5.10 Å². The van der Waals surface area contributed by atoms with Gasteiger partial charge < -0.3 is 0 Å². The average molecular weight is 315 g/mol. The molecular formula is C15H29N3O2S. The van der Waals surface area contributed by atoms with E-state index in [0.29, 0.717) is 13.1 Å². The van der Waals surface area contributed by atoms with Crippen LogP contribution >= 0.6 is 0 Å². The molecule has 0 aliphatic rings. The Hall–Kier alpha value is -0.880. The lowest BCUT2D eigenvalue weighted by Crippen LogP contribution is -2.33. The van der Waals surface area contributed by atoms with Crippen LogP contribution in [-0.2, 0) is 10.0 Å². The van der Waals surface area contributed by atoms with Crippen molar-refractivity contribution in [1.82, 2.24) is 14.5 Å². The Kier molecular flexibility index (Phi) is 8.61. The van der Waals surface area contributed by atoms with Gasteiger partial charge in [0.05, 0.1) is 6.20 Å². The van der Waals surface area contributed by atoms with E-state index in [-0.39, 0.29) is 5.03 Å². The van der Waals surface area contributed by atoms with Gasteiger partial charge in [0.25, 0.3) is 10.0 Å². The number of nitrogens with one attached hydrogen (secondary N) is 1. The summed E-state index contributed by atoms with van der Waals surface area (Å²) in [5, 5.41) is 6.54. The molecule has 0 bridgehead atoms. The topological polar surface area (TPSA) is 66.1 Å². The van der Waals surface area contributed by atoms with E-state index in [9.17, 15) is 8.42 Å². The number of unbranched alkanes of at least 4 members (excludes halogenated alkanes) is 6. The van der Waals surface area contributed by atoms with E-state index < -0.39 is 10.0 Å². The maximum Gasteiger partial charge on any atom is 0.259 e. The lowest BCUT2D eigenvalue weighted by atomic mass is 10.2. The zero-order valence-electron chi connectivity index (χ0n) is 13.3. The standard InChI is InChI=1S/C15H29N3O2S/c1-3-5-7-9-13-18(14-10-8-6-4-2)21(19,20)15-11-12-16-17-15/h11-12H,3-10,13-14H2,1-2H3,(H,16,17). The molecule has 0 saturated carbocycles. The van der Waals surface area contributed by atoms with Gasteiger partial charge in [-0.2, -0.15) is 9.40 Å². The molecule has 1 aromatic heterocycles. The first-order valence-corrected chi connectivity index (χ1v) is 9.56. The van der Waals surface area contributed by atoms with E-state index in [2.05, 4.69) is 24.0 Å². The zero-order chi connectivity index (χ0) is 15.6. The maximum atomic E-state index is 12.6. The molecule has 6 heteroatoms. The van der Waals surface area contributed by atoms with Crippen molar-refractivity contribution in [1.29, 1.82) is 0 Å². The molecule has 0 aliphatic carbocycles. The largest absolute Gasteiger partial charge is 0.266 e. The summed E-state index contributed by atoms with van der Waals surface area (Å²) in [7, 11) is -3.42. The molecule has 1 heterocycles. The third-order valence-electron chi connectivity index (χ3n) is 3.62. The molecule has 0 fully saturated rings. The van der Waals surface area contributed by atoms with Gasteiger partial charge in [-0.25, -0.2) is 8.42 Å². The van der Waals surface area contributed by atoms with Crippen molar-refractivity contribution in [3.05, 3.63) is 12.3 Å². The van der Waals surface area contributed by atoms with E-state index in [1.165, 1.54) is 12.3 Å². The first-order valence-electron chi connectivity index (χ1n) is 8.12. The van der Waals surface area contributed by atoms with Crippen molar-refractivity contribution in [2.75, 3.05) is 13.1 Å². The van der Waals surface area contributed by atoms with Crippen LogP contribution in [0.2, 0.25) is 0 Å². The molecule has 0 aromatic carbocycles. The van der Waals surface area contributed by atoms with Crippen molar-refractivity contribution in [2.45, 2.75) is 70.2 Å². The summed E-state index contributed by atoms with van der Waals surface area (Å²) in [4.78, 5) is 0. The number of aromatic nitrogens is 2. The van der Waals surface area contributed by atoms with E-state index in [1.54, 1.807) is 4.31 Å². The van der Waals surface area contributed by atoms with Crippen LogP contribution in [0.4, 0.5) is 0 Å². The van der Waals surface area contributed by atoms with Gasteiger partial charge in [-0.15, -0.1) is 0 Å². The van der Waals surface area contributed by atoms with Crippen molar-refractivity contribution < 1.29 is 8.42 Å². The summed E-state index contributed by atoms with van der Waals surface area (Å²) in [6.07, 6.45) is 10.1. The smallest absolute Gasteiger partial charge is 0.259 e. The van der Waals surface area contributed by atoms with Gasteiger partial charge in [0, 0.05) is 13.1 Å². The summed E-state index contributed by atoms with van der Waals surface area (Å²) in [6, 6.07) is 1.53. The van der Waals surface area contributed by atoms with Gasteiger partial charge >= 0.3 is 0 Å². The fourth-order valence-corrected chi connectivity index (χ4v) is 3.73. The number of H-pyrrole nitrogens is 1. The first kappa shape index (κ1) is 18.2. The van der Waals surface area contributed by atoms with Crippen LogP contribution in [0, 0.1) is 0 Å². The molecule has 0 aliphatic heterocycles. The fraction of sp³-hybridized carbons (Fsp3) is 0.800. The van der Waals surface area contributed by atoms with Crippen LogP contribution in [0.5, 0.6) is 0 Å². The van der Waals surface area contributed by atoms with Crippen LogP contribution in [0.25, 0.3) is 0 Å². The fourth-order valence-electron chi connectivity index (χ4n) is 2.31. The highest BCUT2D eigenvalue weighted by molar-refractivity contribution is 7.89. The van der Waals surface area contributed by atoms with E-state index >= 15 is 0 Å². The molecule has 5 nitrogen and oxygen atoms in total. The number of sulfonamides is 1. The first-order chi connectivity index (χ1) is 10.1. The molecule has 1 N–H and O–H groups in total. The molecular weight excluding hydrogens is 286 g/mol.